The molecule has 8 nitrogen and oxygen atoms in total. The van der Waals surface area contributed by atoms with E-state index >= 15 is 0 Å². The van der Waals surface area contributed by atoms with E-state index in [1.54, 1.807) is 6.07 Å². The number of ketones is 3. The number of aryl methyl sites for hydroxylation is 1. The molecule has 1 aliphatic rings. The van der Waals surface area contributed by atoms with Crippen LogP contribution in [0.1, 0.15) is 70.8 Å². The summed E-state index contributed by atoms with van der Waals surface area (Å²) in [6.45, 7) is 5.32. The first-order valence-electron chi connectivity index (χ1n) is 13.1. The van der Waals surface area contributed by atoms with Crippen molar-refractivity contribution in [1.29, 1.82) is 0 Å². The fourth-order valence-electron chi connectivity index (χ4n) is 5.61. The highest BCUT2D eigenvalue weighted by atomic mass is 16.5. The van der Waals surface area contributed by atoms with Crippen LogP contribution < -0.4 is 4.74 Å². The second-order valence-corrected chi connectivity index (χ2v) is 9.93. The molecular weight excluding hydrogens is 488 g/mol. The standard InChI is InChI=1S/C30H38O7.H2O.2H2/c1-4-20-16-21(6-9-29(20)37-5-2)23-7-8-26(34)30-24(23)14-19(15-28(30)36)13-22(10-11-31)25(17-32)27(35)12-18(3)33;;;/h6-9,16,19,22,25,31-32,34H,4-5,10-15,17H2,1-3H3;1H2;2*1H. The Bertz CT molecular complexity index is 1150. The van der Waals surface area contributed by atoms with E-state index < -0.39 is 12.5 Å². The molecule has 0 heterocycles. The van der Waals surface area contributed by atoms with Gasteiger partial charge in [0.15, 0.2) is 5.78 Å². The van der Waals surface area contributed by atoms with Gasteiger partial charge in [-0.05, 0) is 91.8 Å². The predicted octanol–water partition coefficient (Wildman–Crippen LogP) is 3.98. The summed E-state index contributed by atoms with van der Waals surface area (Å²) < 4.78 is 5.74. The molecular formula is C30H44O8. The van der Waals surface area contributed by atoms with Gasteiger partial charge in [0.05, 0.1) is 25.2 Å². The van der Waals surface area contributed by atoms with Crippen LogP contribution in [-0.4, -0.2) is 58.0 Å². The van der Waals surface area contributed by atoms with E-state index in [1.165, 1.54) is 6.92 Å². The monoisotopic (exact) mass is 532 g/mol. The predicted molar refractivity (Wildman–Crippen MR) is 149 cm³/mol. The maximum atomic E-state index is 13.2. The van der Waals surface area contributed by atoms with Crippen molar-refractivity contribution in [3.8, 4) is 22.6 Å². The Kier molecular flexibility index (Phi) is 11.6. The van der Waals surface area contributed by atoms with Gasteiger partial charge in [-0.15, -0.1) is 0 Å². The van der Waals surface area contributed by atoms with E-state index in [2.05, 4.69) is 13.0 Å². The number of aliphatic hydroxyl groups is 2. The number of aliphatic hydroxyl groups excluding tert-OH is 2. The Balaban J connectivity index is 0.00000507. The molecule has 0 bridgehead atoms. The maximum absolute atomic E-state index is 13.2. The molecule has 3 unspecified atom stereocenters. The molecule has 1 aliphatic carbocycles. The lowest BCUT2D eigenvalue weighted by Crippen LogP contribution is -2.32. The lowest BCUT2D eigenvalue weighted by Gasteiger charge is -2.32. The Morgan fingerprint density at radius 2 is 1.87 bits per heavy atom. The van der Waals surface area contributed by atoms with Crippen LogP contribution in [0.5, 0.6) is 11.5 Å². The molecule has 3 atom stereocenters. The Morgan fingerprint density at radius 1 is 1.13 bits per heavy atom. The van der Waals surface area contributed by atoms with Crippen molar-refractivity contribution in [3.05, 3.63) is 47.0 Å². The lowest BCUT2D eigenvalue weighted by atomic mass is 9.72. The zero-order valence-electron chi connectivity index (χ0n) is 22.5. The summed E-state index contributed by atoms with van der Waals surface area (Å²) in [7, 11) is 0. The van der Waals surface area contributed by atoms with Crippen molar-refractivity contribution in [2.45, 2.75) is 59.3 Å². The van der Waals surface area contributed by atoms with Gasteiger partial charge in [0.2, 0.25) is 0 Å². The van der Waals surface area contributed by atoms with E-state index in [4.69, 9.17) is 4.74 Å². The molecule has 8 heteroatoms. The molecule has 212 valence electrons. The van der Waals surface area contributed by atoms with Gasteiger partial charge in [-0.3, -0.25) is 14.4 Å². The van der Waals surface area contributed by atoms with Crippen LogP contribution >= 0.6 is 0 Å². The smallest absolute Gasteiger partial charge is 0.167 e. The van der Waals surface area contributed by atoms with Gasteiger partial charge >= 0.3 is 0 Å². The summed E-state index contributed by atoms with van der Waals surface area (Å²) in [5.41, 5.74) is 3.96. The van der Waals surface area contributed by atoms with Gasteiger partial charge in [-0.2, -0.15) is 0 Å². The summed E-state index contributed by atoms with van der Waals surface area (Å²) in [4.78, 5) is 37.4. The van der Waals surface area contributed by atoms with E-state index in [1.807, 2.05) is 25.1 Å². The maximum Gasteiger partial charge on any atom is 0.167 e. The van der Waals surface area contributed by atoms with Gasteiger partial charge in [-0.25, -0.2) is 0 Å². The van der Waals surface area contributed by atoms with Crippen molar-refractivity contribution in [2.24, 2.45) is 17.8 Å². The summed E-state index contributed by atoms with van der Waals surface area (Å²) in [5.74, 6) is -1.25. The lowest BCUT2D eigenvalue weighted by molar-refractivity contribution is -0.131. The summed E-state index contributed by atoms with van der Waals surface area (Å²) in [5, 5.41) is 30.2. The number of phenols is 1. The van der Waals surface area contributed by atoms with Crippen LogP contribution in [0.2, 0.25) is 0 Å². The number of rotatable bonds is 13. The first kappa shape index (κ1) is 31.1. The van der Waals surface area contributed by atoms with Crippen LogP contribution in [0.4, 0.5) is 0 Å². The van der Waals surface area contributed by atoms with Gasteiger partial charge in [0, 0.05) is 21.8 Å². The number of ether oxygens (including phenoxy) is 1. The van der Waals surface area contributed by atoms with Crippen LogP contribution in [0.15, 0.2) is 30.3 Å². The second-order valence-electron chi connectivity index (χ2n) is 9.93. The molecule has 0 aliphatic heterocycles. The van der Waals surface area contributed by atoms with E-state index in [9.17, 15) is 29.7 Å². The average Bonchev–Trinajstić information content (AvgIpc) is 2.84. The molecule has 2 aromatic rings. The molecule has 0 aromatic heterocycles. The largest absolute Gasteiger partial charge is 0.507 e. The molecule has 0 radical (unpaired) electrons. The van der Waals surface area contributed by atoms with E-state index in [0.29, 0.717) is 25.0 Å². The molecule has 0 fully saturated rings. The summed E-state index contributed by atoms with van der Waals surface area (Å²) >= 11 is 0. The van der Waals surface area contributed by atoms with Crippen molar-refractivity contribution >= 4 is 17.3 Å². The number of aromatic hydroxyl groups is 1. The molecule has 38 heavy (non-hydrogen) atoms. The normalized spacial score (nSPS) is 16.2. The third kappa shape index (κ3) is 7.07. The van der Waals surface area contributed by atoms with Crippen LogP contribution in [-0.2, 0) is 22.4 Å². The number of hydrogen-bond donors (Lipinski definition) is 3. The molecule has 0 saturated heterocycles. The van der Waals surface area contributed by atoms with Crippen LogP contribution in [0.25, 0.3) is 11.1 Å². The topological polar surface area (TPSA) is 153 Å². The number of fused-ring (bicyclic) bond motifs is 1. The van der Waals surface area contributed by atoms with Gasteiger partial charge < -0.3 is 25.5 Å². The average molecular weight is 533 g/mol. The third-order valence-corrected chi connectivity index (χ3v) is 7.33. The highest BCUT2D eigenvalue weighted by molar-refractivity contribution is 6.03. The van der Waals surface area contributed by atoms with Crippen molar-refractivity contribution in [1.82, 2.24) is 0 Å². The summed E-state index contributed by atoms with van der Waals surface area (Å²) in [6, 6.07) is 9.34. The fourth-order valence-corrected chi connectivity index (χ4v) is 5.61. The van der Waals surface area contributed by atoms with Crippen molar-refractivity contribution in [3.63, 3.8) is 0 Å². The van der Waals surface area contributed by atoms with E-state index in [-0.39, 0.29) is 69.1 Å². The highest BCUT2D eigenvalue weighted by Gasteiger charge is 2.35. The molecule has 5 N–H and O–H groups in total. The second kappa shape index (κ2) is 14.2. The molecule has 0 spiro atoms. The number of carbonyl (C=O) groups excluding carboxylic acids is 3. The molecule has 0 saturated carbocycles. The first-order valence-corrected chi connectivity index (χ1v) is 13.1. The van der Waals surface area contributed by atoms with E-state index in [0.717, 1.165) is 34.4 Å². The summed E-state index contributed by atoms with van der Waals surface area (Å²) in [6.07, 6.45) is 1.98. The third-order valence-electron chi connectivity index (χ3n) is 7.33. The number of benzene rings is 2. The minimum absolute atomic E-state index is 0. The number of carbonyl (C=O) groups is 3. The van der Waals surface area contributed by atoms with Gasteiger partial charge in [0.1, 0.15) is 23.1 Å². The minimum atomic E-state index is -0.769. The number of phenolic OH excluding ortho intramolecular Hbond substituents is 1. The quantitative estimate of drug-likeness (QED) is 0.330. The minimum Gasteiger partial charge on any atom is -0.507 e. The van der Waals surface area contributed by atoms with Crippen LogP contribution in [0.3, 0.4) is 0 Å². The first-order chi connectivity index (χ1) is 17.7. The van der Waals surface area contributed by atoms with Crippen molar-refractivity contribution < 1.29 is 42.8 Å². The zero-order chi connectivity index (χ0) is 27.1. The van der Waals surface area contributed by atoms with Gasteiger partial charge in [-0.1, -0.05) is 19.1 Å². The molecule has 2 aromatic carbocycles. The Labute approximate surface area is 226 Å². The zero-order valence-corrected chi connectivity index (χ0v) is 22.5. The number of hydrogen-bond acceptors (Lipinski definition) is 7. The Morgan fingerprint density at radius 3 is 2.47 bits per heavy atom. The van der Waals surface area contributed by atoms with Crippen LogP contribution in [0, 0.1) is 17.8 Å². The van der Waals surface area contributed by atoms with Crippen molar-refractivity contribution in [2.75, 3.05) is 19.8 Å². The fraction of sp³-hybridized carbons (Fsp3) is 0.500. The van der Waals surface area contributed by atoms with Gasteiger partial charge in [0.25, 0.3) is 0 Å². The molecule has 3 rings (SSSR count). The molecule has 0 amide bonds. The number of Topliss-reactive ketones (excluding diaryl/α,β-unsaturated/α-hetero) is 3. The SMILES string of the molecule is CCOc1ccc(-c2ccc(O)c3c2CC(CC(CCO)C(CO)C(=O)CC(C)=O)CC3=O)cc1CC.O.[HH].[HH]. The Hall–Kier alpha value is -3.07. The highest BCUT2D eigenvalue weighted by Crippen LogP contribution is 2.41.